The zero-order valence-corrected chi connectivity index (χ0v) is 15.9. The Morgan fingerprint density at radius 3 is 2.70 bits per heavy atom. The maximum Gasteiger partial charge on any atom is 0.315 e. The van der Waals surface area contributed by atoms with E-state index in [0.717, 1.165) is 29.2 Å². The molecular weight excluding hydrogens is 344 g/mol. The zero-order chi connectivity index (χ0) is 19.3. The standard InChI is InChI=1S/C21H24N2O4/c1-4-23-13(2)9-16(14(23)3)19(24)22-10-17-15-7-5-6-8-18(15)27-12-21(17,11-22)20(25)26/h5-9,17H,4,10-12H2,1-3H3,(H,25,26)/t17-,21-/m1/s1. The van der Waals surface area contributed by atoms with Crippen LogP contribution < -0.4 is 4.74 Å². The molecule has 0 aliphatic carbocycles. The summed E-state index contributed by atoms with van der Waals surface area (Å²) in [6.45, 7) is 7.41. The Labute approximate surface area is 158 Å². The average Bonchev–Trinajstić information content (AvgIpc) is 3.20. The molecule has 0 bridgehead atoms. The molecule has 2 aliphatic heterocycles. The van der Waals surface area contributed by atoms with Gasteiger partial charge in [-0.1, -0.05) is 18.2 Å². The van der Waals surface area contributed by atoms with Gasteiger partial charge in [0, 0.05) is 42.5 Å². The summed E-state index contributed by atoms with van der Waals surface area (Å²) in [6.07, 6.45) is 0. The summed E-state index contributed by atoms with van der Waals surface area (Å²) in [7, 11) is 0. The van der Waals surface area contributed by atoms with Gasteiger partial charge < -0.3 is 19.3 Å². The molecule has 2 aliphatic rings. The van der Waals surface area contributed by atoms with Crippen molar-refractivity contribution in [3.8, 4) is 5.75 Å². The van der Waals surface area contributed by atoms with Crippen LogP contribution in [0.2, 0.25) is 0 Å². The monoisotopic (exact) mass is 368 g/mol. The van der Waals surface area contributed by atoms with Crippen LogP contribution in [0.5, 0.6) is 5.75 Å². The van der Waals surface area contributed by atoms with Crippen LogP contribution in [-0.2, 0) is 11.3 Å². The summed E-state index contributed by atoms with van der Waals surface area (Å²) in [5.41, 5.74) is 2.40. The van der Waals surface area contributed by atoms with Gasteiger partial charge in [-0.05, 0) is 32.9 Å². The van der Waals surface area contributed by atoms with E-state index in [1.54, 1.807) is 4.90 Å². The van der Waals surface area contributed by atoms with E-state index in [4.69, 9.17) is 4.74 Å². The average molecular weight is 368 g/mol. The number of carbonyl (C=O) groups excluding carboxylic acids is 1. The number of aromatic nitrogens is 1. The molecule has 0 unspecified atom stereocenters. The first-order valence-electron chi connectivity index (χ1n) is 9.30. The van der Waals surface area contributed by atoms with E-state index >= 15 is 0 Å². The van der Waals surface area contributed by atoms with Gasteiger partial charge in [0.2, 0.25) is 0 Å². The Hall–Kier alpha value is -2.76. The number of carbonyl (C=O) groups is 2. The van der Waals surface area contributed by atoms with Crippen LogP contribution in [0.3, 0.4) is 0 Å². The third-order valence-electron chi connectivity index (χ3n) is 6.16. The van der Waals surface area contributed by atoms with Gasteiger partial charge >= 0.3 is 5.97 Å². The van der Waals surface area contributed by atoms with Crippen molar-refractivity contribution in [3.63, 3.8) is 0 Å². The quantitative estimate of drug-likeness (QED) is 0.904. The predicted octanol–water partition coefficient (Wildman–Crippen LogP) is 2.83. The Balaban J connectivity index is 1.72. The van der Waals surface area contributed by atoms with Gasteiger partial charge in [0.05, 0.1) is 5.56 Å². The summed E-state index contributed by atoms with van der Waals surface area (Å²) in [5.74, 6) is -0.553. The van der Waals surface area contributed by atoms with Gasteiger partial charge in [0.1, 0.15) is 17.8 Å². The molecule has 1 aromatic carbocycles. The normalized spacial score (nSPS) is 23.5. The van der Waals surface area contributed by atoms with Gasteiger partial charge in [-0.2, -0.15) is 0 Å². The summed E-state index contributed by atoms with van der Waals surface area (Å²) < 4.78 is 7.88. The van der Waals surface area contributed by atoms with Crippen molar-refractivity contribution in [2.24, 2.45) is 5.41 Å². The van der Waals surface area contributed by atoms with E-state index in [0.29, 0.717) is 12.1 Å². The summed E-state index contributed by atoms with van der Waals surface area (Å²) in [4.78, 5) is 27.2. The van der Waals surface area contributed by atoms with E-state index in [2.05, 4.69) is 4.57 Å². The van der Waals surface area contributed by atoms with Gasteiger partial charge in [0.25, 0.3) is 5.91 Å². The van der Waals surface area contributed by atoms with Crippen LogP contribution in [0.4, 0.5) is 0 Å². The van der Waals surface area contributed by atoms with E-state index < -0.39 is 11.4 Å². The number of hydrogen-bond acceptors (Lipinski definition) is 3. The Kier molecular flexibility index (Phi) is 4.02. The van der Waals surface area contributed by atoms with Crippen LogP contribution in [0.25, 0.3) is 0 Å². The highest BCUT2D eigenvalue weighted by atomic mass is 16.5. The number of benzene rings is 1. The number of aryl methyl sites for hydroxylation is 1. The molecule has 6 heteroatoms. The number of para-hydroxylation sites is 1. The molecule has 0 radical (unpaired) electrons. The van der Waals surface area contributed by atoms with Crippen LogP contribution in [0, 0.1) is 19.3 Å². The van der Waals surface area contributed by atoms with Gasteiger partial charge in [-0.15, -0.1) is 0 Å². The number of fused-ring (bicyclic) bond motifs is 3. The van der Waals surface area contributed by atoms with Crippen LogP contribution in [-0.4, -0.2) is 46.1 Å². The molecule has 2 atom stereocenters. The van der Waals surface area contributed by atoms with Crippen LogP contribution >= 0.6 is 0 Å². The van der Waals surface area contributed by atoms with E-state index in [9.17, 15) is 14.7 Å². The van der Waals surface area contributed by atoms with Crippen molar-refractivity contribution in [2.75, 3.05) is 19.7 Å². The minimum Gasteiger partial charge on any atom is -0.492 e. The van der Waals surface area contributed by atoms with E-state index in [1.807, 2.05) is 51.1 Å². The fraction of sp³-hybridized carbons (Fsp3) is 0.429. The number of hydrogen-bond donors (Lipinski definition) is 1. The molecule has 0 saturated carbocycles. The molecule has 1 aromatic heterocycles. The van der Waals surface area contributed by atoms with Crippen molar-refractivity contribution in [3.05, 3.63) is 52.8 Å². The molecule has 1 fully saturated rings. The molecule has 2 aromatic rings. The van der Waals surface area contributed by atoms with Crippen LogP contribution in [0.1, 0.15) is 40.2 Å². The Bertz CT molecular complexity index is 932. The lowest BCUT2D eigenvalue weighted by Gasteiger charge is -2.35. The topological polar surface area (TPSA) is 71.8 Å². The lowest BCUT2D eigenvalue weighted by molar-refractivity contribution is -0.151. The highest BCUT2D eigenvalue weighted by Gasteiger charge is 2.57. The Morgan fingerprint density at radius 2 is 2.04 bits per heavy atom. The summed E-state index contributed by atoms with van der Waals surface area (Å²) in [6, 6.07) is 9.44. The van der Waals surface area contributed by atoms with Gasteiger partial charge in [-0.3, -0.25) is 9.59 Å². The first-order chi connectivity index (χ1) is 12.9. The molecule has 1 N–H and O–H groups in total. The number of rotatable bonds is 3. The fourth-order valence-corrected chi connectivity index (χ4v) is 4.67. The third kappa shape index (κ3) is 2.46. The van der Waals surface area contributed by atoms with E-state index in [1.165, 1.54) is 0 Å². The van der Waals surface area contributed by atoms with Gasteiger partial charge in [-0.25, -0.2) is 0 Å². The molecular formula is C21H24N2O4. The minimum atomic E-state index is -1.10. The maximum absolute atomic E-state index is 13.2. The Morgan fingerprint density at radius 1 is 1.30 bits per heavy atom. The first-order valence-corrected chi connectivity index (χ1v) is 9.30. The highest BCUT2D eigenvalue weighted by Crippen LogP contribution is 2.50. The second-order valence-electron chi connectivity index (χ2n) is 7.56. The summed E-state index contributed by atoms with van der Waals surface area (Å²) in [5, 5.41) is 10.0. The van der Waals surface area contributed by atoms with Crippen molar-refractivity contribution >= 4 is 11.9 Å². The van der Waals surface area contributed by atoms with Crippen molar-refractivity contribution < 1.29 is 19.4 Å². The molecule has 4 rings (SSSR count). The van der Waals surface area contributed by atoms with Crippen molar-refractivity contribution in [1.82, 2.24) is 9.47 Å². The fourth-order valence-electron chi connectivity index (χ4n) is 4.67. The highest BCUT2D eigenvalue weighted by molar-refractivity contribution is 5.97. The SMILES string of the molecule is CCn1c(C)cc(C(=O)N2C[C@@H]3c4ccccc4OC[C@]3(C(=O)O)C2)c1C. The number of likely N-dealkylation sites (tertiary alicyclic amines) is 1. The largest absolute Gasteiger partial charge is 0.492 e. The zero-order valence-electron chi connectivity index (χ0n) is 15.9. The summed E-state index contributed by atoms with van der Waals surface area (Å²) >= 11 is 0. The number of carboxylic acids is 1. The van der Waals surface area contributed by atoms with E-state index in [-0.39, 0.29) is 25.0 Å². The second-order valence-corrected chi connectivity index (χ2v) is 7.56. The molecule has 1 saturated heterocycles. The molecule has 142 valence electrons. The lowest BCUT2D eigenvalue weighted by Crippen LogP contribution is -2.46. The maximum atomic E-state index is 13.2. The smallest absolute Gasteiger partial charge is 0.315 e. The molecule has 1 amide bonds. The first kappa shape index (κ1) is 17.6. The minimum absolute atomic E-state index is 0.0851. The molecule has 3 heterocycles. The molecule has 6 nitrogen and oxygen atoms in total. The number of ether oxygens (including phenoxy) is 1. The number of carboxylic acid groups (broad SMARTS) is 1. The number of nitrogens with zero attached hydrogens (tertiary/aromatic N) is 2. The third-order valence-corrected chi connectivity index (χ3v) is 6.16. The number of aliphatic carboxylic acids is 1. The van der Waals surface area contributed by atoms with Crippen LogP contribution in [0.15, 0.2) is 30.3 Å². The molecule has 27 heavy (non-hydrogen) atoms. The lowest BCUT2D eigenvalue weighted by atomic mass is 9.73. The number of amides is 1. The second kappa shape index (κ2) is 6.15. The van der Waals surface area contributed by atoms with Gasteiger partial charge in [0.15, 0.2) is 0 Å². The van der Waals surface area contributed by atoms with Crippen molar-refractivity contribution in [2.45, 2.75) is 33.2 Å². The molecule has 0 spiro atoms. The van der Waals surface area contributed by atoms with Crippen molar-refractivity contribution in [1.29, 1.82) is 0 Å². The predicted molar refractivity (Wildman–Crippen MR) is 100 cm³/mol.